The Kier molecular flexibility index (Phi) is 3.78. The molecule has 3 aromatic rings. The number of aromatic nitrogens is 3. The lowest BCUT2D eigenvalue weighted by molar-refractivity contribution is 0.385. The smallest absolute Gasteiger partial charge is 0.359 e. The molecule has 0 amide bonds. The third-order valence-corrected chi connectivity index (χ3v) is 3.77. The van der Waals surface area contributed by atoms with Gasteiger partial charge in [0.15, 0.2) is 5.75 Å². The maximum atomic E-state index is 11.0. The van der Waals surface area contributed by atoms with Gasteiger partial charge in [-0.05, 0) is 48.7 Å². The second kappa shape index (κ2) is 5.64. The second-order valence-electron chi connectivity index (χ2n) is 5.15. The molecular weight excluding hydrogens is 318 g/mol. The normalized spacial score (nSPS) is 11.8. The lowest BCUT2D eigenvalue weighted by atomic mass is 10.1. The molecule has 3 rings (SSSR count). The molecule has 23 heavy (non-hydrogen) atoms. The first-order valence-corrected chi connectivity index (χ1v) is 8.36. The Balaban J connectivity index is 2.15. The van der Waals surface area contributed by atoms with Crippen molar-refractivity contribution in [1.82, 2.24) is 15.0 Å². The van der Waals surface area contributed by atoms with E-state index in [0.29, 0.717) is 16.7 Å². The summed E-state index contributed by atoms with van der Waals surface area (Å²) in [6.07, 6.45) is 0.879. The topological polar surface area (TPSA) is 94.3 Å². The van der Waals surface area contributed by atoms with Crippen molar-refractivity contribution in [3.8, 4) is 11.4 Å². The molecule has 0 aliphatic carbocycles. The molecule has 8 heteroatoms. The van der Waals surface area contributed by atoms with Crippen molar-refractivity contribution < 1.29 is 17.2 Å². The number of hydrogen-bond donors (Lipinski definition) is 1. The van der Waals surface area contributed by atoms with Crippen LogP contribution in [0.2, 0.25) is 0 Å². The molecule has 0 radical (unpaired) electrons. The molecule has 0 bridgehead atoms. The number of fused-ring (bicyclic) bond motifs is 1. The molecule has 0 unspecified atom stereocenters. The van der Waals surface area contributed by atoms with Crippen LogP contribution in [0.4, 0.5) is 0 Å². The van der Waals surface area contributed by atoms with Crippen molar-refractivity contribution >= 4 is 21.4 Å². The summed E-state index contributed by atoms with van der Waals surface area (Å²) >= 11 is 0. The summed E-state index contributed by atoms with van der Waals surface area (Å²) in [5.41, 5.74) is 3.71. The van der Waals surface area contributed by atoms with Gasteiger partial charge in [0.1, 0.15) is 16.7 Å². The van der Waals surface area contributed by atoms with Crippen LogP contribution in [0.3, 0.4) is 0 Å². The Bertz CT molecular complexity index is 980. The van der Waals surface area contributed by atoms with Crippen molar-refractivity contribution in [2.75, 3.05) is 0 Å². The third-order valence-electron chi connectivity index (χ3n) is 3.38. The molecule has 0 atom stereocenters. The third kappa shape index (κ3) is 3.33. The summed E-state index contributed by atoms with van der Waals surface area (Å²) < 4.78 is 35.5. The fourth-order valence-electron chi connectivity index (χ4n) is 2.26. The lowest BCUT2D eigenvalue weighted by Crippen LogP contribution is -2.10. The van der Waals surface area contributed by atoms with Gasteiger partial charge in [-0.3, -0.25) is 4.55 Å². The minimum Gasteiger partial charge on any atom is -0.359 e. The number of aryl methyl sites for hydroxylation is 2. The molecule has 7 nitrogen and oxygen atoms in total. The molecule has 0 saturated heterocycles. The van der Waals surface area contributed by atoms with E-state index in [9.17, 15) is 8.42 Å². The van der Waals surface area contributed by atoms with Crippen LogP contribution in [0.25, 0.3) is 16.7 Å². The molecule has 0 fully saturated rings. The fourth-order valence-corrected chi connectivity index (χ4v) is 2.62. The van der Waals surface area contributed by atoms with Gasteiger partial charge in [-0.2, -0.15) is 8.42 Å². The molecule has 0 spiro atoms. The van der Waals surface area contributed by atoms with Gasteiger partial charge in [0.05, 0.1) is 0 Å². The molecule has 1 N–H and O–H groups in total. The Hall–Kier alpha value is -2.45. The molecule has 0 aliphatic rings. The lowest BCUT2D eigenvalue weighted by Gasteiger charge is -2.08. The SMILES string of the molecule is CCc1ccc2nn(-c3cc(C)ccc3OS(=O)(=O)O)nc2c1. The van der Waals surface area contributed by atoms with Crippen LogP contribution in [0, 0.1) is 6.92 Å². The highest BCUT2D eigenvalue weighted by atomic mass is 32.3. The van der Waals surface area contributed by atoms with Gasteiger partial charge in [-0.25, -0.2) is 0 Å². The van der Waals surface area contributed by atoms with Crippen molar-refractivity contribution in [3.63, 3.8) is 0 Å². The highest BCUT2D eigenvalue weighted by Crippen LogP contribution is 2.25. The van der Waals surface area contributed by atoms with Crippen LogP contribution in [-0.2, 0) is 16.8 Å². The molecule has 1 heterocycles. The zero-order chi connectivity index (χ0) is 16.6. The monoisotopic (exact) mass is 333 g/mol. The number of rotatable bonds is 4. The van der Waals surface area contributed by atoms with Crippen LogP contribution in [0.5, 0.6) is 5.75 Å². The largest absolute Gasteiger partial charge is 0.446 e. The van der Waals surface area contributed by atoms with Crippen molar-refractivity contribution in [2.24, 2.45) is 0 Å². The zero-order valence-electron chi connectivity index (χ0n) is 12.6. The van der Waals surface area contributed by atoms with E-state index in [2.05, 4.69) is 14.4 Å². The summed E-state index contributed by atoms with van der Waals surface area (Å²) in [5, 5.41) is 8.71. The van der Waals surface area contributed by atoms with Crippen LogP contribution in [0.1, 0.15) is 18.1 Å². The Morgan fingerprint density at radius 2 is 1.87 bits per heavy atom. The second-order valence-corrected chi connectivity index (χ2v) is 6.17. The number of nitrogens with zero attached hydrogens (tertiary/aromatic N) is 3. The Morgan fingerprint density at radius 1 is 1.13 bits per heavy atom. The predicted molar refractivity (Wildman–Crippen MR) is 85.2 cm³/mol. The zero-order valence-corrected chi connectivity index (χ0v) is 13.4. The molecule has 1 aromatic heterocycles. The quantitative estimate of drug-likeness (QED) is 0.737. The predicted octanol–water partition coefficient (Wildman–Crippen LogP) is 2.47. The summed E-state index contributed by atoms with van der Waals surface area (Å²) in [6, 6.07) is 10.5. The van der Waals surface area contributed by atoms with E-state index >= 15 is 0 Å². The minimum absolute atomic E-state index is 0.0471. The Labute approximate surface area is 133 Å². The molecule has 120 valence electrons. The first-order valence-electron chi connectivity index (χ1n) is 6.99. The van der Waals surface area contributed by atoms with Gasteiger partial charge in [-0.1, -0.05) is 19.1 Å². The van der Waals surface area contributed by atoms with Crippen LogP contribution in [-0.4, -0.2) is 28.0 Å². The summed E-state index contributed by atoms with van der Waals surface area (Å²) in [7, 11) is -4.63. The highest BCUT2D eigenvalue weighted by Gasteiger charge is 2.15. The van der Waals surface area contributed by atoms with Gasteiger partial charge in [0.25, 0.3) is 0 Å². The van der Waals surface area contributed by atoms with Crippen LogP contribution < -0.4 is 4.18 Å². The van der Waals surface area contributed by atoms with E-state index in [0.717, 1.165) is 17.5 Å². The first kappa shape index (κ1) is 15.4. The van der Waals surface area contributed by atoms with Crippen molar-refractivity contribution in [2.45, 2.75) is 20.3 Å². The van der Waals surface area contributed by atoms with E-state index < -0.39 is 10.4 Å². The van der Waals surface area contributed by atoms with E-state index in [-0.39, 0.29) is 5.75 Å². The molecule has 0 saturated carbocycles. The molecule has 2 aromatic carbocycles. The number of benzene rings is 2. The van der Waals surface area contributed by atoms with Gasteiger partial charge >= 0.3 is 10.4 Å². The van der Waals surface area contributed by atoms with Crippen LogP contribution in [0.15, 0.2) is 36.4 Å². The van der Waals surface area contributed by atoms with Gasteiger partial charge in [-0.15, -0.1) is 15.0 Å². The maximum Gasteiger partial charge on any atom is 0.446 e. The maximum absolute atomic E-state index is 11.0. The molecule has 0 aliphatic heterocycles. The van der Waals surface area contributed by atoms with E-state index in [1.165, 1.54) is 10.9 Å². The molecular formula is C15H15N3O4S. The number of hydrogen-bond acceptors (Lipinski definition) is 5. The Morgan fingerprint density at radius 3 is 2.57 bits per heavy atom. The standard InChI is InChI=1S/C15H15N3O4S/c1-3-11-5-6-12-13(9-11)17-18(16-12)14-8-10(2)4-7-15(14)22-23(19,20)21/h4-9H,3H2,1-2H3,(H,19,20,21). The minimum atomic E-state index is -4.63. The average molecular weight is 333 g/mol. The summed E-state index contributed by atoms with van der Waals surface area (Å²) in [6.45, 7) is 3.89. The first-order chi connectivity index (χ1) is 10.9. The fraction of sp³-hybridized carbons (Fsp3) is 0.200. The van der Waals surface area contributed by atoms with E-state index in [1.54, 1.807) is 12.1 Å². The van der Waals surface area contributed by atoms with Gasteiger partial charge in [0.2, 0.25) is 0 Å². The highest BCUT2D eigenvalue weighted by molar-refractivity contribution is 7.81. The van der Waals surface area contributed by atoms with E-state index in [1.807, 2.05) is 32.0 Å². The van der Waals surface area contributed by atoms with Crippen LogP contribution >= 0.6 is 0 Å². The average Bonchev–Trinajstić information content (AvgIpc) is 2.90. The summed E-state index contributed by atoms with van der Waals surface area (Å²) in [5.74, 6) is -0.0471. The summed E-state index contributed by atoms with van der Waals surface area (Å²) in [4.78, 5) is 1.30. The van der Waals surface area contributed by atoms with Crippen molar-refractivity contribution in [1.29, 1.82) is 0 Å². The van der Waals surface area contributed by atoms with Crippen molar-refractivity contribution in [3.05, 3.63) is 47.5 Å². The van der Waals surface area contributed by atoms with E-state index in [4.69, 9.17) is 4.55 Å². The van der Waals surface area contributed by atoms with Gasteiger partial charge in [0, 0.05) is 0 Å². The van der Waals surface area contributed by atoms with Gasteiger partial charge < -0.3 is 4.18 Å².